The predicted molar refractivity (Wildman–Crippen MR) is 103 cm³/mol. The van der Waals surface area contributed by atoms with Crippen molar-refractivity contribution in [1.29, 1.82) is 0 Å². The van der Waals surface area contributed by atoms with Crippen LogP contribution in [0.25, 0.3) is 11.3 Å². The molecule has 0 aliphatic heterocycles. The lowest BCUT2D eigenvalue weighted by Gasteiger charge is -2.11. The van der Waals surface area contributed by atoms with Crippen LogP contribution in [-0.2, 0) is 0 Å². The molecule has 6 nitrogen and oxygen atoms in total. The van der Waals surface area contributed by atoms with Gasteiger partial charge in [-0.1, -0.05) is 43.3 Å². The summed E-state index contributed by atoms with van der Waals surface area (Å²) in [6.45, 7) is 4.51. The second-order valence-corrected chi connectivity index (χ2v) is 6.66. The summed E-state index contributed by atoms with van der Waals surface area (Å²) in [6, 6.07) is 14.1. The Bertz CT molecular complexity index is 998. The first-order valence-electron chi connectivity index (χ1n) is 8.86. The van der Waals surface area contributed by atoms with E-state index in [4.69, 9.17) is 4.52 Å². The number of nitrogens with one attached hydrogen (secondary N) is 2. The van der Waals surface area contributed by atoms with Crippen molar-refractivity contribution in [3.63, 3.8) is 0 Å². The minimum absolute atomic E-state index is 0.0179. The topological polar surface area (TPSA) is 84.2 Å². The second kappa shape index (κ2) is 8.47. The molecule has 0 bridgehead atoms. The zero-order valence-corrected chi connectivity index (χ0v) is 15.5. The van der Waals surface area contributed by atoms with Gasteiger partial charge < -0.3 is 15.2 Å². The van der Waals surface area contributed by atoms with E-state index < -0.39 is 11.7 Å². The Morgan fingerprint density at radius 3 is 2.54 bits per heavy atom. The van der Waals surface area contributed by atoms with E-state index in [-0.39, 0.29) is 22.9 Å². The van der Waals surface area contributed by atoms with Crippen molar-refractivity contribution in [1.82, 2.24) is 10.5 Å². The van der Waals surface area contributed by atoms with Crippen LogP contribution in [0, 0.1) is 11.7 Å². The first kappa shape index (κ1) is 19.3. The van der Waals surface area contributed by atoms with E-state index in [2.05, 4.69) is 15.8 Å². The Kier molecular flexibility index (Phi) is 5.84. The molecule has 0 radical (unpaired) electrons. The maximum atomic E-state index is 13.9. The van der Waals surface area contributed by atoms with E-state index in [0.717, 1.165) is 0 Å². The van der Waals surface area contributed by atoms with Gasteiger partial charge in [-0.05, 0) is 30.2 Å². The SMILES string of the molecule is CC(C)CNC(=O)c1ccccc1NC(=O)c1cc(-c2ccccc2F)on1. The highest BCUT2D eigenvalue weighted by Crippen LogP contribution is 2.24. The molecular weight excluding hydrogens is 361 g/mol. The monoisotopic (exact) mass is 381 g/mol. The summed E-state index contributed by atoms with van der Waals surface area (Å²) in [5.41, 5.74) is 0.886. The molecule has 0 saturated carbocycles. The van der Waals surface area contributed by atoms with Crippen LogP contribution in [0.3, 0.4) is 0 Å². The molecule has 0 atom stereocenters. The van der Waals surface area contributed by atoms with E-state index in [1.165, 1.54) is 18.2 Å². The molecule has 1 heterocycles. The lowest BCUT2D eigenvalue weighted by Crippen LogP contribution is -2.28. The van der Waals surface area contributed by atoms with Crippen molar-refractivity contribution < 1.29 is 18.5 Å². The van der Waals surface area contributed by atoms with Crippen LogP contribution < -0.4 is 10.6 Å². The summed E-state index contributed by atoms with van der Waals surface area (Å²) in [5.74, 6) is -0.867. The van der Waals surface area contributed by atoms with Gasteiger partial charge in [0.15, 0.2) is 11.5 Å². The second-order valence-electron chi connectivity index (χ2n) is 6.66. The van der Waals surface area contributed by atoms with Crippen molar-refractivity contribution in [3.05, 3.63) is 71.7 Å². The van der Waals surface area contributed by atoms with Gasteiger partial charge in [0, 0.05) is 12.6 Å². The number of hydrogen-bond acceptors (Lipinski definition) is 4. The molecule has 1 aromatic heterocycles. The minimum atomic E-state index is -0.560. The van der Waals surface area contributed by atoms with Crippen LogP contribution >= 0.6 is 0 Å². The average molecular weight is 381 g/mol. The highest BCUT2D eigenvalue weighted by Gasteiger charge is 2.18. The van der Waals surface area contributed by atoms with E-state index in [1.807, 2.05) is 13.8 Å². The number of halogens is 1. The van der Waals surface area contributed by atoms with Gasteiger partial charge in [0.05, 0.1) is 16.8 Å². The summed E-state index contributed by atoms with van der Waals surface area (Å²) >= 11 is 0. The molecule has 0 spiro atoms. The number of carbonyl (C=O) groups is 2. The quantitative estimate of drug-likeness (QED) is 0.673. The van der Waals surface area contributed by atoms with Crippen LogP contribution in [0.15, 0.2) is 59.1 Å². The van der Waals surface area contributed by atoms with E-state index in [9.17, 15) is 14.0 Å². The summed E-state index contributed by atoms with van der Waals surface area (Å²) in [5, 5.41) is 9.19. The van der Waals surface area contributed by atoms with Crippen LogP contribution in [0.1, 0.15) is 34.7 Å². The van der Waals surface area contributed by atoms with Crippen LogP contribution in [-0.4, -0.2) is 23.5 Å². The Labute approximate surface area is 161 Å². The zero-order valence-electron chi connectivity index (χ0n) is 15.5. The summed E-state index contributed by atoms with van der Waals surface area (Å²) in [6.07, 6.45) is 0. The van der Waals surface area contributed by atoms with Crippen molar-refractivity contribution >= 4 is 17.5 Å². The fraction of sp³-hybridized carbons (Fsp3) is 0.190. The maximum Gasteiger partial charge on any atom is 0.277 e. The van der Waals surface area contributed by atoms with Gasteiger partial charge in [0.25, 0.3) is 11.8 Å². The van der Waals surface area contributed by atoms with Crippen molar-refractivity contribution in [3.8, 4) is 11.3 Å². The summed E-state index contributed by atoms with van der Waals surface area (Å²) in [4.78, 5) is 24.9. The van der Waals surface area contributed by atoms with Crippen molar-refractivity contribution in [2.24, 2.45) is 5.92 Å². The third-order valence-electron chi connectivity index (χ3n) is 3.97. The molecule has 0 aliphatic rings. The lowest BCUT2D eigenvalue weighted by atomic mass is 10.1. The van der Waals surface area contributed by atoms with Gasteiger partial charge in [0.2, 0.25) is 0 Å². The van der Waals surface area contributed by atoms with Crippen LogP contribution in [0.4, 0.5) is 10.1 Å². The molecule has 2 amide bonds. The molecule has 2 aromatic carbocycles. The number of anilines is 1. The van der Waals surface area contributed by atoms with E-state index in [1.54, 1.807) is 36.4 Å². The molecule has 7 heteroatoms. The molecule has 2 N–H and O–H groups in total. The fourth-order valence-corrected chi connectivity index (χ4v) is 2.54. The van der Waals surface area contributed by atoms with Gasteiger partial charge >= 0.3 is 0 Å². The van der Waals surface area contributed by atoms with Gasteiger partial charge in [-0.25, -0.2) is 4.39 Å². The summed E-state index contributed by atoms with van der Waals surface area (Å²) < 4.78 is 19.0. The highest BCUT2D eigenvalue weighted by molar-refractivity contribution is 6.08. The third kappa shape index (κ3) is 4.43. The Morgan fingerprint density at radius 2 is 1.79 bits per heavy atom. The first-order valence-corrected chi connectivity index (χ1v) is 8.86. The first-order chi connectivity index (χ1) is 13.5. The standard InChI is InChI=1S/C21H20FN3O3/c1-13(2)12-23-20(26)15-8-4-6-10-17(15)24-21(27)18-11-19(28-25-18)14-7-3-5-9-16(14)22/h3-11,13H,12H2,1-2H3,(H,23,26)(H,24,27). The zero-order chi connectivity index (χ0) is 20.1. The number of para-hydroxylation sites is 1. The van der Waals surface area contributed by atoms with E-state index >= 15 is 0 Å². The van der Waals surface area contributed by atoms with E-state index in [0.29, 0.717) is 23.7 Å². The molecule has 0 fully saturated rings. The predicted octanol–water partition coefficient (Wildman–Crippen LogP) is 4.12. The fourth-order valence-electron chi connectivity index (χ4n) is 2.54. The number of amides is 2. The molecule has 28 heavy (non-hydrogen) atoms. The largest absolute Gasteiger partial charge is 0.355 e. The van der Waals surface area contributed by atoms with Gasteiger partial charge in [-0.15, -0.1) is 0 Å². The highest BCUT2D eigenvalue weighted by atomic mass is 19.1. The van der Waals surface area contributed by atoms with Gasteiger partial charge in [-0.3, -0.25) is 9.59 Å². The molecule has 0 unspecified atom stereocenters. The Hall–Kier alpha value is -3.48. The Morgan fingerprint density at radius 1 is 1.07 bits per heavy atom. The van der Waals surface area contributed by atoms with Crippen LogP contribution in [0.2, 0.25) is 0 Å². The lowest BCUT2D eigenvalue weighted by molar-refractivity contribution is 0.0950. The number of carbonyl (C=O) groups excluding carboxylic acids is 2. The average Bonchev–Trinajstić information content (AvgIpc) is 3.17. The molecule has 0 saturated heterocycles. The number of rotatable bonds is 6. The van der Waals surface area contributed by atoms with Gasteiger partial charge in [0.1, 0.15) is 5.82 Å². The Balaban J connectivity index is 1.77. The number of aromatic nitrogens is 1. The minimum Gasteiger partial charge on any atom is -0.355 e. The molecule has 0 aliphatic carbocycles. The molecule has 144 valence electrons. The van der Waals surface area contributed by atoms with Gasteiger partial charge in [-0.2, -0.15) is 0 Å². The normalized spacial score (nSPS) is 10.7. The molecular formula is C21H20FN3O3. The summed E-state index contributed by atoms with van der Waals surface area (Å²) in [7, 11) is 0. The number of nitrogens with zero attached hydrogens (tertiary/aromatic N) is 1. The molecule has 3 aromatic rings. The maximum absolute atomic E-state index is 13.9. The third-order valence-corrected chi connectivity index (χ3v) is 3.97. The van der Waals surface area contributed by atoms with Crippen LogP contribution in [0.5, 0.6) is 0 Å². The number of benzene rings is 2. The number of hydrogen-bond donors (Lipinski definition) is 2. The van der Waals surface area contributed by atoms with Crippen molar-refractivity contribution in [2.45, 2.75) is 13.8 Å². The smallest absolute Gasteiger partial charge is 0.277 e. The van der Waals surface area contributed by atoms with Crippen molar-refractivity contribution in [2.75, 3.05) is 11.9 Å². The molecule has 3 rings (SSSR count).